The van der Waals surface area contributed by atoms with Gasteiger partial charge in [-0.2, -0.15) is 0 Å². The zero-order valence-corrected chi connectivity index (χ0v) is 15.5. The first-order valence-electron chi connectivity index (χ1n) is 9.22. The summed E-state index contributed by atoms with van der Waals surface area (Å²) in [5, 5.41) is 2.27. The van der Waals surface area contributed by atoms with Crippen molar-refractivity contribution in [2.24, 2.45) is 0 Å². The molecule has 130 valence electrons. The molecule has 24 heavy (non-hydrogen) atoms. The Morgan fingerprint density at radius 2 is 1.46 bits per heavy atom. The largest absolute Gasteiger partial charge is 0.372 e. The molecule has 0 aliphatic rings. The van der Waals surface area contributed by atoms with E-state index in [2.05, 4.69) is 61.8 Å². The van der Waals surface area contributed by atoms with E-state index in [-0.39, 0.29) is 0 Å². The van der Waals surface area contributed by atoms with Gasteiger partial charge in [-0.05, 0) is 50.3 Å². The van der Waals surface area contributed by atoms with Crippen molar-refractivity contribution in [1.29, 1.82) is 0 Å². The molecule has 2 aromatic carbocycles. The maximum Gasteiger partial charge on any atom is 0.150 e. The zero-order chi connectivity index (χ0) is 17.5. The number of carbonyl (C=O) groups excluding carboxylic acids is 1. The molecular formula is C21H30N2O. The summed E-state index contributed by atoms with van der Waals surface area (Å²) in [4.78, 5) is 16.4. The van der Waals surface area contributed by atoms with Crippen LogP contribution in [0.5, 0.6) is 0 Å². The topological polar surface area (TPSA) is 23.6 Å². The minimum atomic E-state index is 0.774. The summed E-state index contributed by atoms with van der Waals surface area (Å²) in [6, 6.07) is 10.4. The van der Waals surface area contributed by atoms with Crippen molar-refractivity contribution >= 4 is 28.4 Å². The first-order valence-corrected chi connectivity index (χ1v) is 9.22. The first-order chi connectivity index (χ1) is 11.7. The minimum absolute atomic E-state index is 0.774. The lowest BCUT2D eigenvalue weighted by Gasteiger charge is -2.29. The highest BCUT2D eigenvalue weighted by atomic mass is 16.1. The average Bonchev–Trinajstić information content (AvgIpc) is 2.62. The van der Waals surface area contributed by atoms with E-state index in [1.165, 1.54) is 16.8 Å². The van der Waals surface area contributed by atoms with Gasteiger partial charge in [0.05, 0.1) is 0 Å². The summed E-state index contributed by atoms with van der Waals surface area (Å²) in [5.74, 6) is 0. The predicted molar refractivity (Wildman–Crippen MR) is 106 cm³/mol. The van der Waals surface area contributed by atoms with Crippen LogP contribution in [0.25, 0.3) is 10.8 Å². The maximum absolute atomic E-state index is 11.5. The smallest absolute Gasteiger partial charge is 0.150 e. The normalized spacial score (nSPS) is 10.8. The SMILES string of the molecule is CCCN(CCC)c1ccc(C=O)c2cccc(N(CC)CC)c12. The molecule has 0 saturated carbocycles. The van der Waals surface area contributed by atoms with Crippen molar-refractivity contribution < 1.29 is 4.79 Å². The fourth-order valence-corrected chi connectivity index (χ4v) is 3.48. The first kappa shape index (κ1) is 18.3. The highest BCUT2D eigenvalue weighted by Crippen LogP contribution is 2.37. The molecular weight excluding hydrogens is 296 g/mol. The number of fused-ring (bicyclic) bond motifs is 1. The molecule has 0 atom stereocenters. The molecule has 0 saturated heterocycles. The summed E-state index contributed by atoms with van der Waals surface area (Å²) in [7, 11) is 0. The van der Waals surface area contributed by atoms with Crippen LogP contribution < -0.4 is 9.80 Å². The monoisotopic (exact) mass is 326 g/mol. The highest BCUT2D eigenvalue weighted by Gasteiger charge is 2.16. The van der Waals surface area contributed by atoms with Gasteiger partial charge in [-0.15, -0.1) is 0 Å². The molecule has 0 fully saturated rings. The zero-order valence-electron chi connectivity index (χ0n) is 15.5. The van der Waals surface area contributed by atoms with E-state index in [0.717, 1.165) is 56.3 Å². The predicted octanol–water partition coefficient (Wildman–Crippen LogP) is 5.12. The molecule has 0 spiro atoms. The van der Waals surface area contributed by atoms with Gasteiger partial charge >= 0.3 is 0 Å². The van der Waals surface area contributed by atoms with Crippen LogP contribution in [0.15, 0.2) is 30.3 Å². The van der Waals surface area contributed by atoms with Gasteiger partial charge < -0.3 is 9.80 Å². The van der Waals surface area contributed by atoms with Crippen LogP contribution in [0.3, 0.4) is 0 Å². The molecule has 3 heteroatoms. The Morgan fingerprint density at radius 1 is 0.833 bits per heavy atom. The van der Waals surface area contributed by atoms with Gasteiger partial charge in [0.15, 0.2) is 6.29 Å². The number of hydrogen-bond donors (Lipinski definition) is 0. The van der Waals surface area contributed by atoms with Gasteiger partial charge in [0, 0.05) is 48.5 Å². The summed E-state index contributed by atoms with van der Waals surface area (Å²) in [5.41, 5.74) is 3.26. The summed E-state index contributed by atoms with van der Waals surface area (Å²) < 4.78 is 0. The van der Waals surface area contributed by atoms with Crippen LogP contribution >= 0.6 is 0 Å². The van der Waals surface area contributed by atoms with E-state index in [9.17, 15) is 4.79 Å². The van der Waals surface area contributed by atoms with E-state index in [4.69, 9.17) is 0 Å². The quantitative estimate of drug-likeness (QED) is 0.597. The maximum atomic E-state index is 11.5. The fourth-order valence-electron chi connectivity index (χ4n) is 3.48. The van der Waals surface area contributed by atoms with Gasteiger partial charge in [0.1, 0.15) is 0 Å². The third-order valence-electron chi connectivity index (χ3n) is 4.59. The van der Waals surface area contributed by atoms with Crippen molar-refractivity contribution in [1.82, 2.24) is 0 Å². The molecule has 0 unspecified atom stereocenters. The number of aldehydes is 1. The Morgan fingerprint density at radius 3 is 2.00 bits per heavy atom. The second-order valence-electron chi connectivity index (χ2n) is 6.15. The number of benzene rings is 2. The molecule has 0 aromatic heterocycles. The average molecular weight is 326 g/mol. The van der Waals surface area contributed by atoms with Crippen LogP contribution in [-0.2, 0) is 0 Å². The van der Waals surface area contributed by atoms with Crippen molar-refractivity contribution in [3.05, 3.63) is 35.9 Å². The van der Waals surface area contributed by atoms with Gasteiger partial charge in [0.2, 0.25) is 0 Å². The molecule has 0 radical (unpaired) electrons. The number of anilines is 2. The Labute approximate surface area is 146 Å². The Bertz CT molecular complexity index is 671. The molecule has 2 aromatic rings. The summed E-state index contributed by atoms with van der Waals surface area (Å²) >= 11 is 0. The summed E-state index contributed by atoms with van der Waals surface area (Å²) in [6.45, 7) is 12.8. The van der Waals surface area contributed by atoms with E-state index in [0.29, 0.717) is 0 Å². The molecule has 0 aliphatic carbocycles. The molecule has 0 aliphatic heterocycles. The third kappa shape index (κ3) is 3.55. The lowest BCUT2D eigenvalue weighted by atomic mass is 10.00. The van der Waals surface area contributed by atoms with Crippen molar-refractivity contribution in [3.63, 3.8) is 0 Å². The van der Waals surface area contributed by atoms with Crippen LogP contribution in [0, 0.1) is 0 Å². The second kappa shape index (κ2) is 8.72. The van der Waals surface area contributed by atoms with Crippen LogP contribution in [-0.4, -0.2) is 32.5 Å². The molecule has 0 bridgehead atoms. The Balaban J connectivity index is 2.76. The Kier molecular flexibility index (Phi) is 6.65. The van der Waals surface area contributed by atoms with E-state index in [1.807, 2.05) is 6.07 Å². The van der Waals surface area contributed by atoms with Crippen LogP contribution in [0.2, 0.25) is 0 Å². The molecule has 3 nitrogen and oxygen atoms in total. The Hall–Kier alpha value is -2.03. The number of rotatable bonds is 9. The minimum Gasteiger partial charge on any atom is -0.372 e. The lowest BCUT2D eigenvalue weighted by molar-refractivity contribution is 0.112. The van der Waals surface area contributed by atoms with Crippen molar-refractivity contribution in [2.45, 2.75) is 40.5 Å². The molecule has 2 rings (SSSR count). The standard InChI is InChI=1S/C21H30N2O/c1-5-14-23(15-6-2)20-13-12-17(16-24)18-10-9-11-19(21(18)20)22(7-3)8-4/h9-13,16H,5-8,14-15H2,1-4H3. The van der Waals surface area contributed by atoms with Gasteiger partial charge in [-0.25, -0.2) is 0 Å². The molecule has 0 N–H and O–H groups in total. The molecule has 0 amide bonds. The van der Waals surface area contributed by atoms with Crippen molar-refractivity contribution in [3.8, 4) is 0 Å². The number of hydrogen-bond acceptors (Lipinski definition) is 3. The van der Waals surface area contributed by atoms with Gasteiger partial charge in [-0.3, -0.25) is 4.79 Å². The highest BCUT2D eigenvalue weighted by molar-refractivity contribution is 6.10. The summed E-state index contributed by atoms with van der Waals surface area (Å²) in [6.07, 6.45) is 3.21. The van der Waals surface area contributed by atoms with Crippen LogP contribution in [0.1, 0.15) is 50.9 Å². The van der Waals surface area contributed by atoms with Gasteiger partial charge in [-0.1, -0.05) is 26.0 Å². The van der Waals surface area contributed by atoms with E-state index in [1.54, 1.807) is 0 Å². The fraction of sp³-hybridized carbons (Fsp3) is 0.476. The van der Waals surface area contributed by atoms with E-state index < -0.39 is 0 Å². The van der Waals surface area contributed by atoms with E-state index >= 15 is 0 Å². The number of nitrogens with zero attached hydrogens (tertiary/aromatic N) is 2. The molecule has 0 heterocycles. The number of carbonyl (C=O) groups is 1. The van der Waals surface area contributed by atoms with Crippen molar-refractivity contribution in [2.75, 3.05) is 36.0 Å². The second-order valence-corrected chi connectivity index (χ2v) is 6.15. The lowest BCUT2D eigenvalue weighted by Crippen LogP contribution is -2.26. The van der Waals surface area contributed by atoms with Crippen LogP contribution in [0.4, 0.5) is 11.4 Å². The van der Waals surface area contributed by atoms with Gasteiger partial charge in [0.25, 0.3) is 0 Å². The third-order valence-corrected chi connectivity index (χ3v) is 4.59.